The number of hydrogen-bond donors (Lipinski definition) is 1. The lowest BCUT2D eigenvalue weighted by Crippen LogP contribution is -2.42. The van der Waals surface area contributed by atoms with Gasteiger partial charge in [0.15, 0.2) is 5.82 Å². The van der Waals surface area contributed by atoms with Crippen LogP contribution in [0.1, 0.15) is 63.2 Å². The van der Waals surface area contributed by atoms with Gasteiger partial charge in [0.1, 0.15) is 11.9 Å². The summed E-state index contributed by atoms with van der Waals surface area (Å²) in [6.07, 6.45) is 9.15. The summed E-state index contributed by atoms with van der Waals surface area (Å²) < 4.78 is 5.77. The van der Waals surface area contributed by atoms with E-state index in [0.717, 1.165) is 31.5 Å². The van der Waals surface area contributed by atoms with E-state index < -0.39 is 0 Å². The number of carbonyl (C=O) groups excluding carboxylic acids is 1. The highest BCUT2D eigenvalue weighted by molar-refractivity contribution is 5.78. The minimum Gasteiger partial charge on any atom is -0.366 e. The van der Waals surface area contributed by atoms with Crippen molar-refractivity contribution in [1.29, 1.82) is 0 Å². The van der Waals surface area contributed by atoms with Crippen LogP contribution in [-0.4, -0.2) is 45.7 Å². The molecule has 6 nitrogen and oxygen atoms in total. The van der Waals surface area contributed by atoms with E-state index in [0.29, 0.717) is 31.9 Å². The summed E-state index contributed by atoms with van der Waals surface area (Å²) in [5, 5.41) is 7.22. The van der Waals surface area contributed by atoms with Crippen LogP contribution < -0.4 is 0 Å². The lowest BCUT2D eigenvalue weighted by atomic mass is 9.97. The van der Waals surface area contributed by atoms with Crippen molar-refractivity contribution in [2.45, 2.75) is 58.0 Å². The molecule has 2 heterocycles. The van der Waals surface area contributed by atoms with E-state index in [1.165, 1.54) is 18.4 Å². The van der Waals surface area contributed by atoms with Gasteiger partial charge in [0.2, 0.25) is 5.91 Å². The summed E-state index contributed by atoms with van der Waals surface area (Å²) in [6.45, 7) is 3.87. The molecular formula is C17H26N4O2. The van der Waals surface area contributed by atoms with Gasteiger partial charge in [-0.05, 0) is 32.1 Å². The van der Waals surface area contributed by atoms with Crippen LogP contribution in [0.5, 0.6) is 0 Å². The van der Waals surface area contributed by atoms with Crippen LogP contribution in [0, 0.1) is 0 Å². The fourth-order valence-electron chi connectivity index (χ4n) is 3.21. The highest BCUT2D eigenvalue weighted by atomic mass is 16.5. The van der Waals surface area contributed by atoms with Crippen molar-refractivity contribution in [1.82, 2.24) is 20.1 Å². The van der Waals surface area contributed by atoms with Crippen molar-refractivity contribution in [3.63, 3.8) is 0 Å². The van der Waals surface area contributed by atoms with E-state index in [1.807, 2.05) is 4.90 Å². The van der Waals surface area contributed by atoms with Crippen LogP contribution in [-0.2, 0) is 16.0 Å². The Morgan fingerprint density at radius 2 is 2.39 bits per heavy atom. The first kappa shape index (κ1) is 16.2. The minimum atomic E-state index is -0.213. The first-order chi connectivity index (χ1) is 11.3. The number of nitrogens with one attached hydrogen (secondary N) is 1. The molecule has 1 saturated heterocycles. The van der Waals surface area contributed by atoms with Gasteiger partial charge in [-0.1, -0.05) is 18.6 Å². The number of H-pyrrole nitrogens is 1. The van der Waals surface area contributed by atoms with E-state index in [1.54, 1.807) is 0 Å². The maximum Gasteiger partial charge on any atom is 0.226 e. The van der Waals surface area contributed by atoms with Crippen molar-refractivity contribution in [2.24, 2.45) is 0 Å². The number of nitrogens with zero attached hydrogens (tertiary/aromatic N) is 3. The highest BCUT2D eigenvalue weighted by Gasteiger charge is 2.28. The molecule has 0 unspecified atom stereocenters. The third-order valence-corrected chi connectivity index (χ3v) is 4.51. The summed E-state index contributed by atoms with van der Waals surface area (Å²) in [5.74, 6) is 1.76. The van der Waals surface area contributed by atoms with Gasteiger partial charge < -0.3 is 9.64 Å². The Labute approximate surface area is 137 Å². The maximum absolute atomic E-state index is 12.5. The van der Waals surface area contributed by atoms with Gasteiger partial charge in [0.25, 0.3) is 0 Å². The zero-order chi connectivity index (χ0) is 16.1. The molecule has 0 radical (unpaired) electrons. The molecule has 1 aliphatic heterocycles. The number of morpholine rings is 1. The third-order valence-electron chi connectivity index (χ3n) is 4.51. The van der Waals surface area contributed by atoms with Crippen LogP contribution in [0.15, 0.2) is 11.6 Å². The van der Waals surface area contributed by atoms with E-state index in [-0.39, 0.29) is 12.0 Å². The van der Waals surface area contributed by atoms with Gasteiger partial charge in [-0.25, -0.2) is 4.98 Å². The lowest BCUT2D eigenvalue weighted by Gasteiger charge is -2.32. The maximum atomic E-state index is 12.5. The number of amides is 1. The average Bonchev–Trinajstić information content (AvgIpc) is 3.05. The number of carbonyl (C=O) groups is 1. The molecule has 1 N–H and O–H groups in total. The summed E-state index contributed by atoms with van der Waals surface area (Å²) in [6, 6.07) is 0. The predicted molar refractivity (Wildman–Crippen MR) is 86.8 cm³/mol. The second-order valence-corrected chi connectivity index (χ2v) is 6.37. The van der Waals surface area contributed by atoms with Crippen molar-refractivity contribution >= 4 is 5.91 Å². The standard InChI is InChI=1S/C17H26N4O2/c1-2-6-15-18-17(20-19-15)14-12-21(9-10-23-14)16(22)11-13-7-4-3-5-8-13/h7,14H,2-6,8-12H2,1H3,(H,18,19,20)/t14-/m1/s1. The number of rotatable bonds is 5. The molecule has 0 spiro atoms. The molecule has 1 amide bonds. The Balaban J connectivity index is 1.58. The van der Waals surface area contributed by atoms with Gasteiger partial charge in [-0.15, -0.1) is 0 Å². The van der Waals surface area contributed by atoms with Gasteiger partial charge >= 0.3 is 0 Å². The highest BCUT2D eigenvalue weighted by Crippen LogP contribution is 2.24. The number of allylic oxidation sites excluding steroid dienone is 1. The Morgan fingerprint density at radius 3 is 3.17 bits per heavy atom. The largest absolute Gasteiger partial charge is 0.366 e. The van der Waals surface area contributed by atoms with Crippen molar-refractivity contribution in [3.8, 4) is 0 Å². The molecule has 126 valence electrons. The Morgan fingerprint density at radius 1 is 1.48 bits per heavy atom. The van der Waals surface area contributed by atoms with Crippen molar-refractivity contribution in [2.75, 3.05) is 19.7 Å². The molecule has 1 aromatic heterocycles. The van der Waals surface area contributed by atoms with Gasteiger partial charge in [-0.2, -0.15) is 5.10 Å². The zero-order valence-corrected chi connectivity index (χ0v) is 13.9. The van der Waals surface area contributed by atoms with Crippen LogP contribution in [0.2, 0.25) is 0 Å². The topological polar surface area (TPSA) is 71.1 Å². The molecule has 1 atom stereocenters. The zero-order valence-electron chi connectivity index (χ0n) is 13.9. The smallest absolute Gasteiger partial charge is 0.226 e. The Hall–Kier alpha value is -1.69. The first-order valence-corrected chi connectivity index (χ1v) is 8.74. The van der Waals surface area contributed by atoms with E-state index in [4.69, 9.17) is 4.74 Å². The number of hydrogen-bond acceptors (Lipinski definition) is 4. The van der Waals surface area contributed by atoms with E-state index >= 15 is 0 Å². The first-order valence-electron chi connectivity index (χ1n) is 8.74. The number of aromatic amines is 1. The van der Waals surface area contributed by atoms with Crippen LogP contribution >= 0.6 is 0 Å². The predicted octanol–water partition coefficient (Wildman–Crippen LogP) is 2.55. The molecule has 23 heavy (non-hydrogen) atoms. The van der Waals surface area contributed by atoms with E-state index in [9.17, 15) is 4.79 Å². The number of aryl methyl sites for hydroxylation is 1. The monoisotopic (exact) mass is 318 g/mol. The van der Waals surface area contributed by atoms with Crippen molar-refractivity contribution < 1.29 is 9.53 Å². The second kappa shape index (κ2) is 7.73. The summed E-state index contributed by atoms with van der Waals surface area (Å²) >= 11 is 0. The number of ether oxygens (including phenoxy) is 1. The summed E-state index contributed by atoms with van der Waals surface area (Å²) in [7, 11) is 0. The molecule has 1 aromatic rings. The summed E-state index contributed by atoms with van der Waals surface area (Å²) in [4.78, 5) is 18.9. The van der Waals surface area contributed by atoms with Crippen molar-refractivity contribution in [3.05, 3.63) is 23.3 Å². The second-order valence-electron chi connectivity index (χ2n) is 6.37. The molecule has 0 aromatic carbocycles. The van der Waals surface area contributed by atoms with Crippen LogP contribution in [0.4, 0.5) is 0 Å². The number of aromatic nitrogens is 3. The molecule has 3 rings (SSSR count). The lowest BCUT2D eigenvalue weighted by molar-refractivity contribution is -0.138. The van der Waals surface area contributed by atoms with Gasteiger partial charge in [-0.3, -0.25) is 9.89 Å². The third kappa shape index (κ3) is 4.19. The molecular weight excluding hydrogens is 292 g/mol. The fourth-order valence-corrected chi connectivity index (χ4v) is 3.21. The Kier molecular flexibility index (Phi) is 5.43. The quantitative estimate of drug-likeness (QED) is 0.847. The molecule has 1 fully saturated rings. The fraction of sp³-hybridized carbons (Fsp3) is 0.706. The molecule has 0 saturated carbocycles. The molecule has 2 aliphatic rings. The normalized spacial score (nSPS) is 22.0. The SMILES string of the molecule is CCCc1nc([C@H]2CN(C(=O)CC3=CCCCC3)CCO2)n[nH]1. The summed E-state index contributed by atoms with van der Waals surface area (Å²) in [5.41, 5.74) is 1.30. The van der Waals surface area contributed by atoms with Crippen LogP contribution in [0.25, 0.3) is 0 Å². The molecule has 1 aliphatic carbocycles. The van der Waals surface area contributed by atoms with Gasteiger partial charge in [0.05, 0.1) is 13.2 Å². The minimum absolute atomic E-state index is 0.204. The van der Waals surface area contributed by atoms with E-state index in [2.05, 4.69) is 28.2 Å². The molecule has 6 heteroatoms. The average molecular weight is 318 g/mol. The van der Waals surface area contributed by atoms with Crippen LogP contribution in [0.3, 0.4) is 0 Å². The Bertz CT molecular complexity index is 567. The van der Waals surface area contributed by atoms with Gasteiger partial charge in [0, 0.05) is 19.4 Å². The molecule has 0 bridgehead atoms.